The van der Waals surface area contributed by atoms with Crippen LogP contribution in [0.3, 0.4) is 0 Å². The van der Waals surface area contributed by atoms with E-state index in [4.69, 9.17) is 21.0 Å². The zero-order chi connectivity index (χ0) is 62.5. The number of benzene rings is 12. The van der Waals surface area contributed by atoms with E-state index in [0.717, 1.165) is 0 Å². The summed E-state index contributed by atoms with van der Waals surface area (Å²) in [4.78, 5) is 0. The first-order valence-corrected chi connectivity index (χ1v) is 46.4. The van der Waals surface area contributed by atoms with Crippen LogP contribution in [-0.4, -0.2) is 79.0 Å². The third-order valence-electron chi connectivity index (χ3n) is 12.7. The van der Waals surface area contributed by atoms with Crippen LogP contribution in [0, 0.1) is 42.7 Å². The van der Waals surface area contributed by atoms with Gasteiger partial charge in [-0.1, -0.05) is 21.6 Å². The maximum atomic E-state index is 7.13. The van der Waals surface area contributed by atoms with Crippen molar-refractivity contribution in [2.75, 3.05) is 0 Å². The Bertz CT molecular complexity index is 2980. The number of hydrogen-bond acceptors (Lipinski definition) is 8. The summed E-state index contributed by atoms with van der Waals surface area (Å²) in [7, 11) is 0. The molecule has 12 rings (SSSR count). The first-order chi connectivity index (χ1) is 43.5. The molecule has 0 bridgehead atoms. The van der Waals surface area contributed by atoms with Crippen molar-refractivity contribution in [3.63, 3.8) is 0 Å². The Morgan fingerprint density at radius 3 is 0.261 bits per heavy atom. The van der Waals surface area contributed by atoms with Crippen molar-refractivity contribution in [2.24, 2.45) is 0 Å². The molecule has 12 aromatic rings. The van der Waals surface area contributed by atoms with E-state index in [1.165, 1.54) is 64.6 Å². The second-order valence-corrected chi connectivity index (χ2v) is 47.3. The van der Waals surface area contributed by atoms with E-state index in [9.17, 15) is 0 Å². The van der Waals surface area contributed by atoms with Crippen LogP contribution in [0.4, 0.5) is 0 Å². The van der Waals surface area contributed by atoms with Gasteiger partial charge in [0.2, 0.25) is 0 Å². The van der Waals surface area contributed by atoms with Gasteiger partial charge in [0.25, 0.3) is 0 Å². The first-order valence-electron chi connectivity index (χ1n) is 27.6. The van der Waals surface area contributed by atoms with E-state index in [1.807, 2.05) is 0 Å². The van der Waals surface area contributed by atoms with Gasteiger partial charge in [-0.25, -0.2) is 21.0 Å². The van der Waals surface area contributed by atoms with Crippen LogP contribution in [0.25, 0.3) is 0 Å². The monoisotopic (exact) mass is 1640 g/mol. The van der Waals surface area contributed by atoms with Crippen molar-refractivity contribution in [1.82, 2.24) is 0 Å². The predicted molar refractivity (Wildman–Crippen MR) is 388 cm³/mol. The molecule has 0 saturated carbocycles. The summed E-state index contributed by atoms with van der Waals surface area (Å²) >= 11 is 6.87. The molecule has 0 N–H and O–H groups in total. The predicted octanol–water partition coefficient (Wildman–Crippen LogP) is 8.87. The molecular weight excluding hydrogens is 1570 g/mol. The minimum absolute atomic E-state index is 1.33. The van der Waals surface area contributed by atoms with Gasteiger partial charge >= 0.3 is 486 Å². The quantitative estimate of drug-likeness (QED) is 0.0681. The molecule has 0 saturated heterocycles. The van der Waals surface area contributed by atoms with Crippen LogP contribution >= 0.6 is 0 Å². The van der Waals surface area contributed by atoms with E-state index in [-0.39, 0.29) is 0 Å². The van der Waals surface area contributed by atoms with Crippen LogP contribution in [0.1, 0.15) is 0 Å². The molecule has 0 aliphatic heterocycles. The topological polar surface area (TPSA) is 95.2 Å². The summed E-state index contributed by atoms with van der Waals surface area (Å²) in [6, 6.07) is 132. The van der Waals surface area contributed by atoms with Crippen molar-refractivity contribution in [2.45, 2.75) is 0 Å². The third kappa shape index (κ3) is 25.4. The van der Waals surface area contributed by atoms with Crippen molar-refractivity contribution in [3.8, 4) is 21.6 Å². The molecule has 0 amide bonds. The molecular formula is C76H60N4S4Sn4. The summed E-state index contributed by atoms with van der Waals surface area (Å²) in [5.41, 5.74) is 0. The molecule has 0 radical (unpaired) electrons. The number of rotatable bonds is 12. The molecule has 0 unspecified atom stereocenters. The normalized spacial score (nSPS) is 9.05. The van der Waals surface area contributed by atoms with Gasteiger partial charge in [-0.05, 0) is 0 Å². The van der Waals surface area contributed by atoms with E-state index in [2.05, 4.69) is 414 Å². The molecule has 12 heteroatoms. The second kappa shape index (κ2) is 45.0. The molecule has 0 aliphatic carbocycles. The minimum atomic E-state index is -1.98. The average Bonchev–Trinajstić information content (AvgIpc) is 3.57. The van der Waals surface area contributed by atoms with E-state index < -0.39 is 79.0 Å². The van der Waals surface area contributed by atoms with Crippen LogP contribution < -0.4 is 43.0 Å². The van der Waals surface area contributed by atoms with Gasteiger partial charge in [0, 0.05) is 0 Å². The Labute approximate surface area is 572 Å². The average molecular weight is 1630 g/mol. The van der Waals surface area contributed by atoms with E-state index >= 15 is 0 Å². The molecule has 0 aromatic heterocycles. The van der Waals surface area contributed by atoms with Crippen LogP contribution in [0.2, 0.25) is 0 Å². The fourth-order valence-electron chi connectivity index (χ4n) is 9.26. The van der Waals surface area contributed by atoms with Crippen molar-refractivity contribution in [1.29, 1.82) is 21.0 Å². The van der Waals surface area contributed by atoms with Gasteiger partial charge in [0.15, 0.2) is 0 Å². The Morgan fingerprint density at radius 2 is 0.205 bits per heavy atom. The molecule has 0 heterocycles. The Hall–Kier alpha value is -7.33. The van der Waals surface area contributed by atoms with Crippen LogP contribution in [0.15, 0.2) is 364 Å². The summed E-state index contributed by atoms with van der Waals surface area (Å²) < 4.78 is 18.4. The first kappa shape index (κ1) is 71.4. The van der Waals surface area contributed by atoms with Gasteiger partial charge in [0.05, 0.1) is 0 Å². The molecule has 88 heavy (non-hydrogen) atoms. The standard InChI is InChI=1S/12C6H5.4CHNS.4Sn/c12*1-2-4-6-5-3-1;4*2-1-3;;;;/h12*1-5H;4*3H;;;;/q;;;;;;;;;;;;;;;;4*+1/p-4. The number of thiocyanates is 4. The zero-order valence-corrected chi connectivity index (χ0v) is 62.7. The molecule has 424 valence electrons. The van der Waals surface area contributed by atoms with Crippen molar-refractivity contribution >= 4 is 173 Å². The Morgan fingerprint density at radius 1 is 0.148 bits per heavy atom. The molecule has 0 atom stereocenters. The summed E-state index contributed by atoms with van der Waals surface area (Å²) in [5, 5.41) is 33.9. The molecule has 0 aliphatic rings. The summed E-state index contributed by atoms with van der Waals surface area (Å²) in [6.07, 6.45) is 0. The fourth-order valence-corrected chi connectivity index (χ4v) is 38.7. The SMILES string of the molecule is N#C[S-].N#C[S-].N#C[S-].N#C[S-].c1cc[c]([Sn+]([c]2ccccc2)[c]2ccccc2)cc1.c1cc[c]([Sn+]([c]2ccccc2)[c]2ccccc2)cc1.c1cc[c]([Sn+]([c]2ccccc2)[c]2ccccc2)cc1.c1cc[c]([Sn+]([c]2ccccc2)[c]2ccccc2)cc1. The van der Waals surface area contributed by atoms with Gasteiger partial charge in [-0.15, -0.1) is 0 Å². The van der Waals surface area contributed by atoms with Gasteiger partial charge in [-0.2, -0.15) is 0 Å². The fraction of sp³-hybridized carbons (Fsp3) is 0. The van der Waals surface area contributed by atoms with E-state index in [1.54, 1.807) is 0 Å². The number of hydrogen-bond donors (Lipinski definition) is 0. The summed E-state index contributed by atoms with van der Waals surface area (Å²) in [6.45, 7) is 0. The van der Waals surface area contributed by atoms with Gasteiger partial charge in [-0.3, -0.25) is 0 Å². The third-order valence-corrected chi connectivity index (χ3v) is 43.9. The zero-order valence-electron chi connectivity index (χ0n) is 48.1. The van der Waals surface area contributed by atoms with Crippen molar-refractivity contribution in [3.05, 3.63) is 364 Å². The van der Waals surface area contributed by atoms with Gasteiger partial charge in [0.1, 0.15) is 0 Å². The molecule has 0 fully saturated rings. The molecule has 12 aromatic carbocycles. The molecule has 4 nitrogen and oxygen atoms in total. The van der Waals surface area contributed by atoms with Crippen LogP contribution in [-0.2, 0) is 50.5 Å². The van der Waals surface area contributed by atoms with Gasteiger partial charge < -0.3 is 50.5 Å². The number of nitriles is 4. The van der Waals surface area contributed by atoms with Crippen molar-refractivity contribution < 1.29 is 0 Å². The summed E-state index contributed by atoms with van der Waals surface area (Å²) in [5.74, 6) is 0. The second-order valence-electron chi connectivity index (χ2n) is 18.3. The van der Waals surface area contributed by atoms with E-state index in [0.29, 0.717) is 0 Å². The number of nitrogens with zero attached hydrogens (tertiary/aromatic N) is 4. The van der Waals surface area contributed by atoms with Crippen LogP contribution in [0.5, 0.6) is 0 Å². The molecule has 0 spiro atoms. The Kier molecular flexibility index (Phi) is 36.5. The Balaban J connectivity index is 0.000000201. The maximum absolute atomic E-state index is 7.13.